The topological polar surface area (TPSA) is 56.5 Å². The predicted octanol–water partition coefficient (Wildman–Crippen LogP) is 0.464. The number of hydrogen-bond acceptors (Lipinski definition) is 4. The van der Waals surface area contributed by atoms with Gasteiger partial charge in [0.15, 0.2) is 11.5 Å². The lowest BCUT2D eigenvalue weighted by atomic mass is 10.2. The van der Waals surface area contributed by atoms with Gasteiger partial charge in [0.2, 0.25) is 6.79 Å². The zero-order valence-electron chi connectivity index (χ0n) is 7.95. The van der Waals surface area contributed by atoms with Crippen molar-refractivity contribution in [3.05, 3.63) is 23.8 Å². The van der Waals surface area contributed by atoms with E-state index >= 15 is 0 Å². The maximum absolute atomic E-state index is 5.39. The van der Waals surface area contributed by atoms with Crippen molar-refractivity contribution in [2.24, 2.45) is 5.73 Å². The van der Waals surface area contributed by atoms with Gasteiger partial charge in [0, 0.05) is 25.2 Å². The van der Waals surface area contributed by atoms with E-state index in [1.165, 1.54) is 0 Å². The first-order chi connectivity index (χ1) is 6.92. The molecule has 1 aromatic carbocycles. The molecule has 0 fully saturated rings. The molecule has 0 radical (unpaired) electrons. The minimum atomic E-state index is 0.323. The second kappa shape index (κ2) is 4.30. The fraction of sp³-hybridized carbons (Fsp3) is 0.400. The van der Waals surface area contributed by atoms with Crippen molar-refractivity contribution >= 4 is 0 Å². The van der Waals surface area contributed by atoms with E-state index in [0.29, 0.717) is 13.3 Å². The number of benzene rings is 1. The minimum Gasteiger partial charge on any atom is -0.454 e. The predicted molar refractivity (Wildman–Crippen MR) is 53.3 cm³/mol. The summed E-state index contributed by atoms with van der Waals surface area (Å²) in [6, 6.07) is 5.90. The van der Waals surface area contributed by atoms with E-state index in [-0.39, 0.29) is 0 Å². The number of rotatable bonds is 4. The van der Waals surface area contributed by atoms with Crippen molar-refractivity contribution in [2.75, 3.05) is 19.9 Å². The molecule has 0 aromatic heterocycles. The maximum Gasteiger partial charge on any atom is 0.231 e. The third-order valence-electron chi connectivity index (χ3n) is 2.11. The normalized spacial score (nSPS) is 13.2. The van der Waals surface area contributed by atoms with Gasteiger partial charge >= 0.3 is 0 Å². The maximum atomic E-state index is 5.39. The van der Waals surface area contributed by atoms with Crippen LogP contribution in [0.25, 0.3) is 0 Å². The Hall–Kier alpha value is -1.26. The van der Waals surface area contributed by atoms with E-state index < -0.39 is 0 Å². The molecule has 14 heavy (non-hydrogen) atoms. The summed E-state index contributed by atoms with van der Waals surface area (Å²) < 4.78 is 10.6. The second-order valence-corrected chi connectivity index (χ2v) is 3.12. The Balaban J connectivity index is 2.06. The van der Waals surface area contributed by atoms with Gasteiger partial charge in [-0.15, -0.1) is 0 Å². The van der Waals surface area contributed by atoms with Crippen LogP contribution in [0.4, 0.5) is 0 Å². The fourth-order valence-corrected chi connectivity index (χ4v) is 1.45. The van der Waals surface area contributed by atoms with Crippen molar-refractivity contribution in [3.8, 4) is 11.5 Å². The van der Waals surface area contributed by atoms with Crippen molar-refractivity contribution < 1.29 is 9.47 Å². The van der Waals surface area contributed by atoms with Gasteiger partial charge in [-0.25, -0.2) is 0 Å². The largest absolute Gasteiger partial charge is 0.454 e. The highest BCUT2D eigenvalue weighted by Gasteiger charge is 2.16. The molecule has 0 atom stereocenters. The highest BCUT2D eigenvalue weighted by atomic mass is 16.7. The molecule has 1 heterocycles. The Morgan fingerprint density at radius 3 is 3.14 bits per heavy atom. The lowest BCUT2D eigenvalue weighted by Gasteiger charge is -2.06. The molecule has 2 rings (SSSR count). The van der Waals surface area contributed by atoms with Crippen LogP contribution in [0.5, 0.6) is 11.5 Å². The molecule has 3 N–H and O–H groups in total. The van der Waals surface area contributed by atoms with E-state index in [1.807, 2.05) is 18.2 Å². The van der Waals surface area contributed by atoms with Crippen molar-refractivity contribution in [3.63, 3.8) is 0 Å². The lowest BCUT2D eigenvalue weighted by molar-refractivity contribution is 0.173. The number of hydrogen-bond donors (Lipinski definition) is 2. The molecule has 1 aromatic rings. The zero-order valence-corrected chi connectivity index (χ0v) is 7.95. The summed E-state index contributed by atoms with van der Waals surface area (Å²) in [5.74, 6) is 1.69. The molecule has 1 aliphatic heterocycles. The Labute approximate surface area is 83.0 Å². The Kier molecular flexibility index (Phi) is 2.86. The Bertz CT molecular complexity index is 315. The Morgan fingerprint density at radius 1 is 1.36 bits per heavy atom. The molecule has 0 saturated heterocycles. The highest BCUT2D eigenvalue weighted by molar-refractivity contribution is 5.47. The lowest BCUT2D eigenvalue weighted by Crippen LogP contribution is -2.21. The SMILES string of the molecule is NCCNCc1cccc2c1OCO2. The van der Waals surface area contributed by atoms with Gasteiger partial charge in [0.25, 0.3) is 0 Å². The van der Waals surface area contributed by atoms with Crippen LogP contribution < -0.4 is 20.5 Å². The molecule has 0 saturated carbocycles. The Morgan fingerprint density at radius 2 is 2.29 bits per heavy atom. The molecule has 0 spiro atoms. The van der Waals surface area contributed by atoms with Gasteiger partial charge in [-0.2, -0.15) is 0 Å². The van der Waals surface area contributed by atoms with Crippen LogP contribution in [0.3, 0.4) is 0 Å². The monoisotopic (exact) mass is 194 g/mol. The molecule has 1 aliphatic rings. The van der Waals surface area contributed by atoms with Gasteiger partial charge in [-0.1, -0.05) is 12.1 Å². The third-order valence-corrected chi connectivity index (χ3v) is 2.11. The van der Waals surface area contributed by atoms with Crippen molar-refractivity contribution in [1.29, 1.82) is 0 Å². The fourth-order valence-electron chi connectivity index (χ4n) is 1.45. The first-order valence-corrected chi connectivity index (χ1v) is 4.70. The van der Waals surface area contributed by atoms with Crippen molar-refractivity contribution in [2.45, 2.75) is 6.54 Å². The molecule has 4 heteroatoms. The van der Waals surface area contributed by atoms with E-state index in [0.717, 1.165) is 30.2 Å². The van der Waals surface area contributed by atoms with Crippen LogP contribution in [-0.2, 0) is 6.54 Å². The standard InChI is InChI=1S/C10H14N2O2/c11-4-5-12-6-8-2-1-3-9-10(8)14-7-13-9/h1-3,12H,4-7,11H2. The molecule has 4 nitrogen and oxygen atoms in total. The summed E-state index contributed by atoms with van der Waals surface area (Å²) in [7, 11) is 0. The van der Waals surface area contributed by atoms with Crippen LogP contribution in [0.1, 0.15) is 5.56 Å². The second-order valence-electron chi connectivity index (χ2n) is 3.12. The van der Waals surface area contributed by atoms with Crippen LogP contribution >= 0.6 is 0 Å². The van der Waals surface area contributed by atoms with E-state index in [9.17, 15) is 0 Å². The molecule has 76 valence electrons. The summed E-state index contributed by atoms with van der Waals surface area (Å²) >= 11 is 0. The first-order valence-electron chi connectivity index (χ1n) is 4.70. The molecule has 0 bridgehead atoms. The van der Waals surface area contributed by atoms with Gasteiger partial charge in [-0.3, -0.25) is 0 Å². The minimum absolute atomic E-state index is 0.323. The van der Waals surface area contributed by atoms with Crippen LogP contribution in [0, 0.1) is 0 Å². The summed E-state index contributed by atoms with van der Waals surface area (Å²) in [6.07, 6.45) is 0. The number of nitrogens with two attached hydrogens (primary N) is 1. The van der Waals surface area contributed by atoms with E-state index in [4.69, 9.17) is 15.2 Å². The third kappa shape index (κ3) is 1.81. The summed E-state index contributed by atoms with van der Waals surface area (Å²) in [5, 5.41) is 3.22. The molecular weight excluding hydrogens is 180 g/mol. The highest BCUT2D eigenvalue weighted by Crippen LogP contribution is 2.34. The van der Waals surface area contributed by atoms with Gasteiger partial charge in [-0.05, 0) is 6.07 Å². The van der Waals surface area contributed by atoms with E-state index in [2.05, 4.69) is 5.32 Å². The van der Waals surface area contributed by atoms with Crippen LogP contribution in [0.15, 0.2) is 18.2 Å². The summed E-state index contributed by atoms with van der Waals surface area (Å²) in [4.78, 5) is 0. The number of ether oxygens (including phenoxy) is 2. The van der Waals surface area contributed by atoms with Crippen molar-refractivity contribution in [1.82, 2.24) is 5.32 Å². The number of para-hydroxylation sites is 1. The molecular formula is C10H14N2O2. The number of fused-ring (bicyclic) bond motifs is 1. The summed E-state index contributed by atoms with van der Waals surface area (Å²) in [5.41, 5.74) is 6.51. The van der Waals surface area contributed by atoms with E-state index in [1.54, 1.807) is 0 Å². The first kappa shape index (κ1) is 9.30. The smallest absolute Gasteiger partial charge is 0.231 e. The average molecular weight is 194 g/mol. The molecule has 0 amide bonds. The van der Waals surface area contributed by atoms with Crippen LogP contribution in [-0.4, -0.2) is 19.9 Å². The van der Waals surface area contributed by atoms with Crippen LogP contribution in [0.2, 0.25) is 0 Å². The summed E-state index contributed by atoms with van der Waals surface area (Å²) in [6.45, 7) is 2.55. The quantitative estimate of drug-likeness (QED) is 0.684. The van der Waals surface area contributed by atoms with Gasteiger partial charge in [0.1, 0.15) is 0 Å². The molecule has 0 unspecified atom stereocenters. The van der Waals surface area contributed by atoms with Gasteiger partial charge in [0.05, 0.1) is 0 Å². The van der Waals surface area contributed by atoms with Gasteiger partial charge < -0.3 is 20.5 Å². The number of nitrogens with one attached hydrogen (secondary N) is 1. The molecule has 0 aliphatic carbocycles. The zero-order chi connectivity index (χ0) is 9.80. The average Bonchev–Trinajstić information content (AvgIpc) is 2.67.